The van der Waals surface area contributed by atoms with Crippen molar-refractivity contribution in [2.45, 2.75) is 6.54 Å². The first-order chi connectivity index (χ1) is 10.5. The summed E-state index contributed by atoms with van der Waals surface area (Å²) in [6.45, 7) is 0.347. The van der Waals surface area contributed by atoms with Gasteiger partial charge in [0.1, 0.15) is 5.75 Å². The van der Waals surface area contributed by atoms with Crippen LogP contribution in [0.3, 0.4) is 0 Å². The number of carbonyl (C=O) groups excluding carboxylic acids is 2. The van der Waals surface area contributed by atoms with Crippen molar-refractivity contribution in [1.82, 2.24) is 5.32 Å². The zero-order valence-corrected chi connectivity index (χ0v) is 13.8. The number of nitrogens with one attached hydrogen (secondary N) is 1. The van der Waals surface area contributed by atoms with Crippen LogP contribution in [0.2, 0.25) is 0 Å². The van der Waals surface area contributed by atoms with E-state index in [1.807, 2.05) is 6.07 Å². The summed E-state index contributed by atoms with van der Waals surface area (Å²) in [5.41, 5.74) is 1.77. The van der Waals surface area contributed by atoms with E-state index in [1.165, 1.54) is 7.11 Å². The highest BCUT2D eigenvalue weighted by Crippen LogP contribution is 2.17. The molecular formula is C16H15ClNO3P. The molecular weight excluding hydrogens is 321 g/mol. The molecule has 1 amide bonds. The third-order valence-corrected chi connectivity index (χ3v) is 3.68. The monoisotopic (exact) mass is 335 g/mol. The number of methoxy groups -OCH3 is 1. The summed E-state index contributed by atoms with van der Waals surface area (Å²) in [5, 5.41) is 3.22. The third kappa shape index (κ3) is 4.06. The molecule has 22 heavy (non-hydrogen) atoms. The van der Waals surface area contributed by atoms with Crippen molar-refractivity contribution >= 4 is 37.3 Å². The highest BCUT2D eigenvalue weighted by Gasteiger charge is 2.12. The number of ether oxygens (including phenoxy) is 1. The smallest absolute Gasteiger partial charge is 0.255 e. The molecule has 0 aliphatic rings. The maximum atomic E-state index is 12.2. The molecule has 114 valence electrons. The number of hydrogen-bond donors (Lipinski definition) is 1. The minimum absolute atomic E-state index is 0.223. The van der Waals surface area contributed by atoms with Gasteiger partial charge < -0.3 is 10.1 Å². The highest BCUT2D eigenvalue weighted by molar-refractivity contribution is 7.27. The lowest BCUT2D eigenvalue weighted by Crippen LogP contribution is -2.24. The number of carbonyl (C=O) groups is 2. The maximum Gasteiger partial charge on any atom is 0.255 e. The van der Waals surface area contributed by atoms with Crippen molar-refractivity contribution in [1.29, 1.82) is 0 Å². The molecule has 2 aromatic rings. The Morgan fingerprint density at radius 3 is 2.45 bits per heavy atom. The number of amides is 1. The van der Waals surface area contributed by atoms with Crippen molar-refractivity contribution in [3.8, 4) is 5.75 Å². The quantitative estimate of drug-likeness (QED) is 0.674. The molecule has 1 atom stereocenters. The van der Waals surface area contributed by atoms with Crippen LogP contribution in [0.5, 0.6) is 5.75 Å². The number of benzene rings is 2. The first-order valence-corrected chi connectivity index (χ1v) is 7.47. The van der Waals surface area contributed by atoms with Gasteiger partial charge in [-0.2, -0.15) is 0 Å². The minimum atomic E-state index is -0.502. The van der Waals surface area contributed by atoms with Crippen molar-refractivity contribution in [3.05, 3.63) is 59.2 Å². The molecule has 0 aliphatic carbocycles. The average molecular weight is 336 g/mol. The first kappa shape index (κ1) is 16.5. The number of hydrogen-bond acceptors (Lipinski definition) is 3. The van der Waals surface area contributed by atoms with E-state index in [-0.39, 0.29) is 5.91 Å². The fraction of sp³-hybridized carbons (Fsp3) is 0.125. The Balaban J connectivity index is 2.06. The van der Waals surface area contributed by atoms with Crippen LogP contribution in [0.1, 0.15) is 26.3 Å². The van der Waals surface area contributed by atoms with Crippen LogP contribution in [0.15, 0.2) is 42.5 Å². The molecule has 0 heterocycles. The highest BCUT2D eigenvalue weighted by atomic mass is 35.5. The summed E-state index contributed by atoms with van der Waals surface area (Å²) in [4.78, 5) is 23.2. The lowest BCUT2D eigenvalue weighted by molar-refractivity contribution is 0.0947. The van der Waals surface area contributed by atoms with E-state index >= 15 is 0 Å². The Morgan fingerprint density at radius 2 is 1.86 bits per heavy atom. The molecule has 1 N–H and O–H groups in total. The lowest BCUT2D eigenvalue weighted by atomic mass is 10.1. The van der Waals surface area contributed by atoms with Gasteiger partial charge in [-0.05, 0) is 46.7 Å². The largest absolute Gasteiger partial charge is 0.496 e. The minimum Gasteiger partial charge on any atom is -0.496 e. The summed E-state index contributed by atoms with van der Waals surface area (Å²) < 4.78 is 5.19. The summed E-state index contributed by atoms with van der Waals surface area (Å²) in [6.07, 6.45) is 0. The number of halogens is 1. The van der Waals surface area contributed by atoms with Crippen LogP contribution in [-0.2, 0) is 6.54 Å². The van der Waals surface area contributed by atoms with Gasteiger partial charge in [0.05, 0.1) is 12.7 Å². The second-order valence-electron chi connectivity index (χ2n) is 4.61. The molecule has 6 heteroatoms. The van der Waals surface area contributed by atoms with Gasteiger partial charge in [-0.1, -0.05) is 18.2 Å². The van der Waals surface area contributed by atoms with E-state index in [4.69, 9.17) is 16.3 Å². The molecule has 0 spiro atoms. The Hall–Kier alpha value is -1.90. The Bertz CT molecular complexity index is 701. The molecule has 0 saturated heterocycles. The van der Waals surface area contributed by atoms with Crippen LogP contribution in [0, 0.1) is 0 Å². The normalized spacial score (nSPS) is 10.1. The third-order valence-electron chi connectivity index (χ3n) is 3.10. The fourth-order valence-electron chi connectivity index (χ4n) is 1.93. The van der Waals surface area contributed by atoms with E-state index in [9.17, 15) is 9.59 Å². The average Bonchev–Trinajstić information content (AvgIpc) is 2.53. The SMILES string of the molecule is COc1ccc(P)cc1C(=O)NCc1ccc(C(=O)Cl)cc1. The zero-order chi connectivity index (χ0) is 16.1. The summed E-state index contributed by atoms with van der Waals surface area (Å²) >= 11 is 5.39. The molecule has 0 saturated carbocycles. The van der Waals surface area contributed by atoms with E-state index < -0.39 is 5.24 Å². The predicted molar refractivity (Wildman–Crippen MR) is 90.1 cm³/mol. The summed E-state index contributed by atoms with van der Waals surface area (Å²) in [5.74, 6) is 0.297. The Kier molecular flexibility index (Phi) is 5.53. The van der Waals surface area contributed by atoms with E-state index in [1.54, 1.807) is 36.4 Å². The second-order valence-corrected chi connectivity index (χ2v) is 5.62. The molecule has 0 aromatic heterocycles. The van der Waals surface area contributed by atoms with Crippen LogP contribution in [-0.4, -0.2) is 18.3 Å². The standard InChI is InChI=1S/C16H15ClNO3P/c1-21-14-7-6-12(22)8-13(14)16(20)18-9-10-2-4-11(5-3-10)15(17)19/h2-8H,9,22H2,1H3,(H,18,20). The van der Waals surface area contributed by atoms with Crippen LogP contribution in [0.4, 0.5) is 0 Å². The maximum absolute atomic E-state index is 12.2. The van der Waals surface area contributed by atoms with Gasteiger partial charge in [-0.25, -0.2) is 0 Å². The zero-order valence-electron chi connectivity index (χ0n) is 11.9. The fourth-order valence-corrected chi connectivity index (χ4v) is 2.32. The van der Waals surface area contributed by atoms with Gasteiger partial charge in [0.2, 0.25) is 0 Å². The first-order valence-electron chi connectivity index (χ1n) is 6.51. The van der Waals surface area contributed by atoms with Crippen molar-refractivity contribution in [2.24, 2.45) is 0 Å². The molecule has 2 rings (SSSR count). The lowest BCUT2D eigenvalue weighted by Gasteiger charge is -2.10. The molecule has 0 bridgehead atoms. The van der Waals surface area contributed by atoms with Crippen molar-refractivity contribution < 1.29 is 14.3 Å². The second kappa shape index (κ2) is 7.39. The van der Waals surface area contributed by atoms with E-state index in [0.717, 1.165) is 10.9 Å². The van der Waals surface area contributed by atoms with Crippen molar-refractivity contribution in [2.75, 3.05) is 7.11 Å². The Labute approximate surface area is 136 Å². The molecule has 0 aliphatic heterocycles. The van der Waals surface area contributed by atoms with Gasteiger partial charge in [-0.3, -0.25) is 9.59 Å². The molecule has 2 aromatic carbocycles. The van der Waals surface area contributed by atoms with Crippen LogP contribution < -0.4 is 15.4 Å². The van der Waals surface area contributed by atoms with E-state index in [0.29, 0.717) is 23.4 Å². The van der Waals surface area contributed by atoms with Gasteiger partial charge >= 0.3 is 0 Å². The number of rotatable bonds is 5. The van der Waals surface area contributed by atoms with E-state index in [2.05, 4.69) is 14.6 Å². The van der Waals surface area contributed by atoms with Gasteiger partial charge in [0.25, 0.3) is 11.1 Å². The Morgan fingerprint density at radius 1 is 1.18 bits per heavy atom. The van der Waals surface area contributed by atoms with Gasteiger partial charge in [-0.15, -0.1) is 9.24 Å². The summed E-state index contributed by atoms with van der Waals surface area (Å²) in [7, 11) is 4.07. The molecule has 4 nitrogen and oxygen atoms in total. The predicted octanol–water partition coefficient (Wildman–Crippen LogP) is 2.50. The van der Waals surface area contributed by atoms with Gasteiger partial charge in [0.15, 0.2) is 0 Å². The topological polar surface area (TPSA) is 55.4 Å². The van der Waals surface area contributed by atoms with Crippen molar-refractivity contribution in [3.63, 3.8) is 0 Å². The summed E-state index contributed by atoms with van der Waals surface area (Å²) in [6, 6.07) is 12.1. The molecule has 0 fully saturated rings. The van der Waals surface area contributed by atoms with Gasteiger partial charge in [0, 0.05) is 12.1 Å². The van der Waals surface area contributed by atoms with Crippen LogP contribution >= 0.6 is 20.8 Å². The van der Waals surface area contributed by atoms with Crippen LogP contribution in [0.25, 0.3) is 0 Å². The molecule has 0 radical (unpaired) electrons. The molecule has 1 unspecified atom stereocenters.